The third-order valence-electron chi connectivity index (χ3n) is 3.92. The fraction of sp³-hybridized carbons (Fsp3) is 0.316. The third-order valence-corrected chi connectivity index (χ3v) is 4.23. The van der Waals surface area contributed by atoms with E-state index < -0.39 is 0 Å². The van der Waals surface area contributed by atoms with Gasteiger partial charge in [-0.2, -0.15) is 0 Å². The fourth-order valence-electron chi connectivity index (χ4n) is 2.52. The van der Waals surface area contributed by atoms with E-state index in [1.54, 1.807) is 12.1 Å². The Morgan fingerprint density at radius 1 is 1.13 bits per heavy atom. The van der Waals surface area contributed by atoms with Gasteiger partial charge in [0.15, 0.2) is 6.61 Å². The van der Waals surface area contributed by atoms with Crippen LogP contribution < -0.4 is 10.1 Å². The van der Waals surface area contributed by atoms with Gasteiger partial charge < -0.3 is 10.1 Å². The van der Waals surface area contributed by atoms with Crippen LogP contribution in [0.5, 0.6) is 5.75 Å². The molecule has 2 aromatic rings. The smallest absolute Gasteiger partial charge is 0.258 e. The lowest BCUT2D eigenvalue weighted by Crippen LogP contribution is -2.31. The molecule has 0 saturated carbocycles. The second kappa shape index (κ2) is 7.51. The summed E-state index contributed by atoms with van der Waals surface area (Å²) in [5.74, 6) is 0.342. The summed E-state index contributed by atoms with van der Waals surface area (Å²) in [4.78, 5) is 12.1. The predicted octanol–water partition coefficient (Wildman–Crippen LogP) is 4.52. The van der Waals surface area contributed by atoms with Crippen LogP contribution in [0.3, 0.4) is 0 Å². The molecule has 2 aromatic carbocycles. The molecule has 2 rings (SSSR count). The number of nitrogens with one attached hydrogen (secondary N) is 1. The van der Waals surface area contributed by atoms with E-state index in [1.807, 2.05) is 19.1 Å². The second-order valence-corrected chi connectivity index (χ2v) is 6.21. The lowest BCUT2D eigenvalue weighted by atomic mass is 9.96. The predicted molar refractivity (Wildman–Crippen MR) is 94.2 cm³/mol. The van der Waals surface area contributed by atoms with Crippen molar-refractivity contribution in [2.45, 2.75) is 33.7 Å². The molecule has 0 aromatic heterocycles. The molecular weight excluding hydrogens is 310 g/mol. The molecule has 122 valence electrons. The normalized spacial score (nSPS) is 11.9. The SMILES string of the molecule is Cc1cc(C)c(C(C)NC(=O)COc2ccccc2Cl)cc1C. The average Bonchev–Trinajstić information content (AvgIpc) is 2.50. The first-order valence-corrected chi connectivity index (χ1v) is 8.00. The van der Waals surface area contributed by atoms with E-state index >= 15 is 0 Å². The van der Waals surface area contributed by atoms with Crippen molar-refractivity contribution in [3.05, 3.63) is 63.7 Å². The van der Waals surface area contributed by atoms with Gasteiger partial charge in [-0.25, -0.2) is 0 Å². The lowest BCUT2D eigenvalue weighted by Gasteiger charge is -2.18. The summed E-state index contributed by atoms with van der Waals surface area (Å²) in [5.41, 5.74) is 4.78. The van der Waals surface area contributed by atoms with Crippen LogP contribution >= 0.6 is 11.6 Å². The molecule has 0 aliphatic carbocycles. The zero-order chi connectivity index (χ0) is 17.0. The van der Waals surface area contributed by atoms with E-state index in [2.05, 4.69) is 38.2 Å². The zero-order valence-corrected chi connectivity index (χ0v) is 14.7. The number of carbonyl (C=O) groups excluding carboxylic acids is 1. The molecule has 0 aliphatic heterocycles. The van der Waals surface area contributed by atoms with E-state index in [0.29, 0.717) is 10.8 Å². The summed E-state index contributed by atoms with van der Waals surface area (Å²) in [6.45, 7) is 8.15. The van der Waals surface area contributed by atoms with Gasteiger partial charge in [0.25, 0.3) is 5.91 Å². The Morgan fingerprint density at radius 3 is 2.48 bits per heavy atom. The summed E-state index contributed by atoms with van der Waals surface area (Å²) in [6, 6.07) is 11.3. The van der Waals surface area contributed by atoms with Gasteiger partial charge in [-0.15, -0.1) is 0 Å². The molecule has 0 saturated heterocycles. The quantitative estimate of drug-likeness (QED) is 0.874. The van der Waals surface area contributed by atoms with Crippen LogP contribution in [0.25, 0.3) is 0 Å². The molecule has 0 spiro atoms. The first-order valence-electron chi connectivity index (χ1n) is 7.63. The van der Waals surface area contributed by atoms with Gasteiger partial charge in [0.05, 0.1) is 11.1 Å². The molecule has 0 aliphatic rings. The molecule has 1 atom stereocenters. The number of ether oxygens (including phenoxy) is 1. The topological polar surface area (TPSA) is 38.3 Å². The van der Waals surface area contributed by atoms with Crippen LogP contribution in [-0.2, 0) is 4.79 Å². The number of carbonyl (C=O) groups is 1. The fourth-order valence-corrected chi connectivity index (χ4v) is 2.71. The third kappa shape index (κ3) is 4.49. The van der Waals surface area contributed by atoms with Gasteiger partial charge in [0.1, 0.15) is 5.75 Å². The van der Waals surface area contributed by atoms with E-state index in [1.165, 1.54) is 16.7 Å². The van der Waals surface area contributed by atoms with Crippen molar-refractivity contribution >= 4 is 17.5 Å². The highest BCUT2D eigenvalue weighted by molar-refractivity contribution is 6.32. The van der Waals surface area contributed by atoms with Crippen LogP contribution in [0.15, 0.2) is 36.4 Å². The first kappa shape index (κ1) is 17.4. The minimum absolute atomic E-state index is 0.0576. The number of halogens is 1. The Morgan fingerprint density at radius 2 is 1.78 bits per heavy atom. The molecule has 0 fully saturated rings. The summed E-state index contributed by atoms with van der Waals surface area (Å²) in [5, 5.41) is 3.46. The number of hydrogen-bond donors (Lipinski definition) is 1. The molecule has 23 heavy (non-hydrogen) atoms. The molecule has 1 amide bonds. The first-order chi connectivity index (χ1) is 10.9. The Kier molecular flexibility index (Phi) is 5.67. The van der Waals surface area contributed by atoms with Gasteiger partial charge in [-0.1, -0.05) is 35.9 Å². The summed E-state index contributed by atoms with van der Waals surface area (Å²) >= 11 is 6.01. The van der Waals surface area contributed by atoms with Crippen molar-refractivity contribution in [2.75, 3.05) is 6.61 Å². The largest absolute Gasteiger partial charge is 0.482 e. The van der Waals surface area contributed by atoms with Crippen LogP contribution in [0.1, 0.15) is 35.2 Å². The minimum Gasteiger partial charge on any atom is -0.482 e. The standard InChI is InChI=1S/C19H22ClNO2/c1-12-9-14(3)16(10-13(12)2)15(4)21-19(22)11-23-18-8-6-5-7-17(18)20/h5-10,15H,11H2,1-4H3,(H,21,22). The van der Waals surface area contributed by atoms with E-state index in [0.717, 1.165) is 5.56 Å². The van der Waals surface area contributed by atoms with Crippen LogP contribution in [-0.4, -0.2) is 12.5 Å². The van der Waals surface area contributed by atoms with E-state index in [4.69, 9.17) is 16.3 Å². The molecule has 0 radical (unpaired) electrons. The number of benzene rings is 2. The highest BCUT2D eigenvalue weighted by Gasteiger charge is 2.13. The number of para-hydroxylation sites is 1. The van der Waals surface area contributed by atoms with Gasteiger partial charge in [0.2, 0.25) is 0 Å². The maximum atomic E-state index is 12.1. The van der Waals surface area contributed by atoms with Crippen LogP contribution in [0.4, 0.5) is 0 Å². The maximum absolute atomic E-state index is 12.1. The summed E-state index contributed by atoms with van der Waals surface area (Å²) in [7, 11) is 0. The average molecular weight is 332 g/mol. The van der Waals surface area contributed by atoms with Crippen LogP contribution in [0, 0.1) is 20.8 Å². The Hall–Kier alpha value is -2.00. The van der Waals surface area contributed by atoms with Gasteiger partial charge >= 0.3 is 0 Å². The van der Waals surface area contributed by atoms with Crippen molar-refractivity contribution in [1.29, 1.82) is 0 Å². The minimum atomic E-state index is -0.171. The van der Waals surface area contributed by atoms with Crippen molar-refractivity contribution in [3.63, 3.8) is 0 Å². The van der Waals surface area contributed by atoms with Crippen LogP contribution in [0.2, 0.25) is 5.02 Å². The molecule has 0 heterocycles. The summed E-state index contributed by atoms with van der Waals surface area (Å²) in [6.07, 6.45) is 0. The highest BCUT2D eigenvalue weighted by atomic mass is 35.5. The van der Waals surface area contributed by atoms with E-state index in [-0.39, 0.29) is 18.6 Å². The number of amides is 1. The monoisotopic (exact) mass is 331 g/mol. The van der Waals surface area contributed by atoms with Gasteiger partial charge in [0, 0.05) is 0 Å². The Bertz CT molecular complexity index is 713. The molecule has 4 heteroatoms. The molecule has 3 nitrogen and oxygen atoms in total. The molecular formula is C19H22ClNO2. The highest BCUT2D eigenvalue weighted by Crippen LogP contribution is 2.23. The Balaban J connectivity index is 1.97. The van der Waals surface area contributed by atoms with Gasteiger partial charge in [-0.3, -0.25) is 4.79 Å². The van der Waals surface area contributed by atoms with Crippen molar-refractivity contribution in [2.24, 2.45) is 0 Å². The van der Waals surface area contributed by atoms with Crippen molar-refractivity contribution in [3.8, 4) is 5.75 Å². The number of hydrogen-bond acceptors (Lipinski definition) is 2. The number of aryl methyl sites for hydroxylation is 3. The molecule has 1 N–H and O–H groups in total. The van der Waals surface area contributed by atoms with Crippen molar-refractivity contribution in [1.82, 2.24) is 5.32 Å². The summed E-state index contributed by atoms with van der Waals surface area (Å²) < 4.78 is 5.46. The number of rotatable bonds is 5. The van der Waals surface area contributed by atoms with Gasteiger partial charge in [-0.05, 0) is 62.1 Å². The lowest BCUT2D eigenvalue weighted by molar-refractivity contribution is -0.123. The Labute approximate surface area is 142 Å². The van der Waals surface area contributed by atoms with E-state index in [9.17, 15) is 4.79 Å². The second-order valence-electron chi connectivity index (χ2n) is 5.80. The molecule has 0 bridgehead atoms. The maximum Gasteiger partial charge on any atom is 0.258 e. The van der Waals surface area contributed by atoms with Crippen molar-refractivity contribution < 1.29 is 9.53 Å². The zero-order valence-electron chi connectivity index (χ0n) is 13.9. The molecule has 1 unspecified atom stereocenters.